The van der Waals surface area contributed by atoms with Gasteiger partial charge in [-0.05, 0) is 48.9 Å². The fourth-order valence-corrected chi connectivity index (χ4v) is 6.15. The van der Waals surface area contributed by atoms with E-state index in [1.54, 1.807) is 17.8 Å². The number of rotatable bonds is 11. The zero-order valence-corrected chi connectivity index (χ0v) is 25.6. The predicted octanol–water partition coefficient (Wildman–Crippen LogP) is 5.52. The average molecular weight is 612 g/mol. The van der Waals surface area contributed by atoms with Gasteiger partial charge in [-0.1, -0.05) is 89.2 Å². The average Bonchev–Trinajstić information content (AvgIpc) is 3.58. The molecule has 11 heteroatoms. The van der Waals surface area contributed by atoms with Gasteiger partial charge in [0, 0.05) is 11.1 Å². The number of carbonyl (C=O) groups is 1. The summed E-state index contributed by atoms with van der Waals surface area (Å²) in [5, 5.41) is 12.5. The van der Waals surface area contributed by atoms with Gasteiger partial charge in [-0.3, -0.25) is 4.79 Å². The minimum atomic E-state index is -3.71. The van der Waals surface area contributed by atoms with Gasteiger partial charge >= 0.3 is 5.97 Å². The highest BCUT2D eigenvalue weighted by Crippen LogP contribution is 2.49. The second kappa shape index (κ2) is 11.7. The van der Waals surface area contributed by atoms with Crippen LogP contribution in [0.5, 0.6) is 0 Å². The van der Waals surface area contributed by atoms with E-state index >= 15 is 0 Å². The lowest BCUT2D eigenvalue weighted by Crippen LogP contribution is -2.30. The van der Waals surface area contributed by atoms with E-state index < -0.39 is 15.4 Å². The van der Waals surface area contributed by atoms with Crippen LogP contribution < -0.4 is 4.31 Å². The second-order valence-corrected chi connectivity index (χ2v) is 13.0. The maximum atomic E-state index is 12.9. The standard InChI is InChI=1S/C33H33N5O5S/c1-4-42-32(39)33(18-19-33)28-16-14-26(15-17-28)25-10-12-27(13-11-25)31-29(23(2)35-43-31)21-38(44(3,40)41)30-22-37(36-34-30)20-24-8-6-5-7-9-24/h5-17,22H,4,18-21H2,1-3H3. The summed E-state index contributed by atoms with van der Waals surface area (Å²) >= 11 is 0. The minimum absolute atomic E-state index is 0.0149. The van der Waals surface area contributed by atoms with Crippen LogP contribution in [0.3, 0.4) is 0 Å². The third kappa shape index (κ3) is 5.87. The van der Waals surface area contributed by atoms with Crippen molar-refractivity contribution in [1.29, 1.82) is 0 Å². The molecule has 44 heavy (non-hydrogen) atoms. The van der Waals surface area contributed by atoms with Gasteiger partial charge in [0.05, 0.1) is 43.3 Å². The molecule has 2 heterocycles. The number of anilines is 1. The molecule has 10 nitrogen and oxygen atoms in total. The highest BCUT2D eigenvalue weighted by Gasteiger charge is 2.52. The van der Waals surface area contributed by atoms with Gasteiger partial charge in [-0.15, -0.1) is 5.10 Å². The summed E-state index contributed by atoms with van der Waals surface area (Å²) in [6.07, 6.45) is 4.38. The van der Waals surface area contributed by atoms with E-state index in [0.29, 0.717) is 30.2 Å². The SMILES string of the molecule is CCOC(=O)C1(c2ccc(-c3ccc(-c4onc(C)c4CN(c4cn(Cc5ccccc5)nn4)S(C)(=O)=O)cc3)cc2)CC1. The Bertz CT molecular complexity index is 1880. The van der Waals surface area contributed by atoms with Gasteiger partial charge in [-0.2, -0.15) is 0 Å². The molecular formula is C33H33N5O5S. The van der Waals surface area contributed by atoms with Crippen LogP contribution in [0.15, 0.2) is 89.6 Å². The number of nitrogens with zero attached hydrogens (tertiary/aromatic N) is 5. The smallest absolute Gasteiger partial charge is 0.316 e. The topological polar surface area (TPSA) is 120 Å². The van der Waals surface area contributed by atoms with Crippen molar-refractivity contribution in [3.63, 3.8) is 0 Å². The van der Waals surface area contributed by atoms with E-state index in [1.165, 1.54) is 4.31 Å². The van der Waals surface area contributed by atoms with E-state index in [1.807, 2.05) is 85.8 Å². The molecule has 0 N–H and O–H groups in total. The van der Waals surface area contributed by atoms with Crippen LogP contribution >= 0.6 is 0 Å². The van der Waals surface area contributed by atoms with Crippen LogP contribution in [-0.2, 0) is 38.1 Å². The number of sulfonamides is 1. The van der Waals surface area contributed by atoms with Crippen LogP contribution in [0.4, 0.5) is 5.82 Å². The van der Waals surface area contributed by atoms with Crippen molar-refractivity contribution in [3.8, 4) is 22.5 Å². The third-order valence-corrected chi connectivity index (χ3v) is 9.11. The molecule has 0 radical (unpaired) electrons. The molecule has 3 aromatic carbocycles. The Labute approximate surface area is 256 Å². The fraction of sp³-hybridized carbons (Fsp3) is 0.273. The first-order chi connectivity index (χ1) is 21.2. The Hall–Kier alpha value is -4.77. The molecule has 0 amide bonds. The Morgan fingerprint density at radius 3 is 2.23 bits per heavy atom. The summed E-state index contributed by atoms with van der Waals surface area (Å²) in [6, 6.07) is 25.6. The Kier molecular flexibility index (Phi) is 7.81. The van der Waals surface area contributed by atoms with E-state index in [-0.39, 0.29) is 18.3 Å². The lowest BCUT2D eigenvalue weighted by atomic mass is 9.93. The molecule has 6 rings (SSSR count). The highest BCUT2D eigenvalue weighted by atomic mass is 32.2. The number of hydrogen-bond acceptors (Lipinski definition) is 8. The van der Waals surface area contributed by atoms with Crippen LogP contribution in [0.2, 0.25) is 0 Å². The Morgan fingerprint density at radius 2 is 1.61 bits per heavy atom. The second-order valence-electron chi connectivity index (χ2n) is 11.1. The molecule has 2 aromatic heterocycles. The lowest BCUT2D eigenvalue weighted by molar-refractivity contribution is -0.146. The van der Waals surface area contributed by atoms with Crippen LogP contribution in [0.25, 0.3) is 22.5 Å². The van der Waals surface area contributed by atoms with Gasteiger partial charge in [0.25, 0.3) is 0 Å². The molecule has 0 aliphatic heterocycles. The molecule has 5 aromatic rings. The zero-order valence-electron chi connectivity index (χ0n) is 24.8. The number of esters is 1. The molecule has 0 saturated heterocycles. The molecule has 1 aliphatic rings. The fourth-order valence-electron chi connectivity index (χ4n) is 5.36. The molecule has 0 atom stereocenters. The summed E-state index contributed by atoms with van der Waals surface area (Å²) in [5.74, 6) is 0.547. The molecule has 1 saturated carbocycles. The molecule has 0 unspecified atom stereocenters. The largest absolute Gasteiger partial charge is 0.465 e. The van der Waals surface area contributed by atoms with Crippen molar-refractivity contribution in [1.82, 2.24) is 20.2 Å². The molecule has 1 fully saturated rings. The monoisotopic (exact) mass is 611 g/mol. The van der Waals surface area contributed by atoms with Gasteiger partial charge < -0.3 is 9.26 Å². The number of ether oxygens (including phenoxy) is 1. The highest BCUT2D eigenvalue weighted by molar-refractivity contribution is 7.92. The summed E-state index contributed by atoms with van der Waals surface area (Å²) in [6.45, 7) is 4.43. The maximum absolute atomic E-state index is 12.9. The van der Waals surface area contributed by atoms with Crippen LogP contribution in [0, 0.1) is 6.92 Å². The van der Waals surface area contributed by atoms with Crippen molar-refractivity contribution in [2.24, 2.45) is 0 Å². The minimum Gasteiger partial charge on any atom is -0.465 e. The zero-order chi connectivity index (χ0) is 30.9. The molecule has 0 spiro atoms. The molecule has 0 bridgehead atoms. The first-order valence-corrected chi connectivity index (χ1v) is 16.3. The number of hydrogen-bond donors (Lipinski definition) is 0. The van der Waals surface area contributed by atoms with E-state index in [2.05, 4.69) is 15.5 Å². The van der Waals surface area contributed by atoms with Gasteiger partial charge in [0.15, 0.2) is 11.6 Å². The maximum Gasteiger partial charge on any atom is 0.316 e. The van der Waals surface area contributed by atoms with Crippen molar-refractivity contribution in [2.45, 2.75) is 45.2 Å². The van der Waals surface area contributed by atoms with Crippen molar-refractivity contribution in [2.75, 3.05) is 17.2 Å². The molecule has 1 aliphatic carbocycles. The van der Waals surface area contributed by atoms with E-state index in [0.717, 1.165) is 46.9 Å². The molecular weight excluding hydrogens is 578 g/mol. The van der Waals surface area contributed by atoms with Crippen LogP contribution in [0.1, 0.15) is 42.1 Å². The number of aromatic nitrogens is 4. The lowest BCUT2D eigenvalue weighted by Gasteiger charge is -2.19. The first kappa shape index (κ1) is 29.3. The van der Waals surface area contributed by atoms with E-state index in [9.17, 15) is 13.2 Å². The van der Waals surface area contributed by atoms with Gasteiger partial charge in [-0.25, -0.2) is 17.4 Å². The van der Waals surface area contributed by atoms with Gasteiger partial charge in [0.2, 0.25) is 10.0 Å². The van der Waals surface area contributed by atoms with E-state index in [4.69, 9.17) is 9.26 Å². The number of carbonyl (C=O) groups excluding carboxylic acids is 1. The normalized spacial score (nSPS) is 13.9. The predicted molar refractivity (Wildman–Crippen MR) is 166 cm³/mol. The summed E-state index contributed by atoms with van der Waals surface area (Å²) < 4.78 is 39.7. The van der Waals surface area contributed by atoms with Crippen molar-refractivity contribution >= 4 is 21.8 Å². The third-order valence-electron chi connectivity index (χ3n) is 7.99. The summed E-state index contributed by atoms with van der Waals surface area (Å²) in [7, 11) is -3.71. The summed E-state index contributed by atoms with van der Waals surface area (Å²) in [4.78, 5) is 12.5. The van der Waals surface area contributed by atoms with Gasteiger partial charge in [0.1, 0.15) is 0 Å². The van der Waals surface area contributed by atoms with Crippen molar-refractivity contribution < 1.29 is 22.5 Å². The van der Waals surface area contributed by atoms with Crippen molar-refractivity contribution in [3.05, 3.63) is 107 Å². The quantitative estimate of drug-likeness (QED) is 0.179. The molecule has 226 valence electrons. The Morgan fingerprint density at radius 1 is 0.977 bits per heavy atom. The van der Waals surface area contributed by atoms with Crippen LogP contribution in [-0.4, -0.2) is 47.4 Å². The first-order valence-electron chi connectivity index (χ1n) is 14.4. The number of benzene rings is 3. The summed E-state index contributed by atoms with van der Waals surface area (Å²) in [5.41, 5.74) is 5.49. The number of aryl methyl sites for hydroxylation is 1. The Balaban J connectivity index is 1.22.